The van der Waals surface area contributed by atoms with Crippen molar-refractivity contribution in [3.63, 3.8) is 0 Å². The zero-order valence-electron chi connectivity index (χ0n) is 14.3. The number of piperidine rings is 1. The third kappa shape index (κ3) is 2.92. The molecule has 25 heavy (non-hydrogen) atoms. The number of aryl methyl sites for hydroxylation is 2. The molecular weight excluding hydrogens is 320 g/mol. The fourth-order valence-electron chi connectivity index (χ4n) is 3.25. The summed E-state index contributed by atoms with van der Waals surface area (Å²) in [7, 11) is 1.77. The molecule has 9 nitrogen and oxygen atoms in total. The Balaban J connectivity index is 1.44. The first kappa shape index (κ1) is 15.6. The molecule has 0 radical (unpaired) electrons. The largest absolute Gasteiger partial charge is 0.356 e. The Hall–Kier alpha value is -2.97. The van der Waals surface area contributed by atoms with Gasteiger partial charge in [0.25, 0.3) is 11.7 Å². The Bertz CT molecular complexity index is 906. The predicted molar refractivity (Wildman–Crippen MR) is 91.4 cm³/mol. The summed E-state index contributed by atoms with van der Waals surface area (Å²) in [4.78, 5) is 23.1. The van der Waals surface area contributed by atoms with Gasteiger partial charge in [0.1, 0.15) is 17.8 Å². The molecule has 1 fully saturated rings. The van der Waals surface area contributed by atoms with Crippen LogP contribution in [0.15, 0.2) is 24.7 Å². The van der Waals surface area contributed by atoms with Gasteiger partial charge in [0.15, 0.2) is 0 Å². The molecule has 9 heteroatoms. The second-order valence-electron chi connectivity index (χ2n) is 6.30. The number of carbonyl (C=O) groups excluding carboxylic acids is 1. The number of rotatable bonds is 3. The number of anilines is 1. The first-order valence-corrected chi connectivity index (χ1v) is 8.33. The van der Waals surface area contributed by atoms with Crippen molar-refractivity contribution in [3.8, 4) is 0 Å². The van der Waals surface area contributed by atoms with E-state index < -0.39 is 0 Å². The lowest BCUT2D eigenvalue weighted by atomic mass is 10.0. The number of nitrogens with zero attached hydrogens (tertiary/aromatic N) is 7. The van der Waals surface area contributed by atoms with E-state index in [1.54, 1.807) is 28.5 Å². The van der Waals surface area contributed by atoms with Gasteiger partial charge in [-0.05, 0) is 25.8 Å². The minimum atomic E-state index is -0.0723. The van der Waals surface area contributed by atoms with Crippen molar-refractivity contribution in [3.05, 3.63) is 36.0 Å². The van der Waals surface area contributed by atoms with E-state index >= 15 is 0 Å². The van der Waals surface area contributed by atoms with Gasteiger partial charge in [-0.2, -0.15) is 19.7 Å². The lowest BCUT2D eigenvalue weighted by Crippen LogP contribution is -2.45. The number of amides is 1. The Morgan fingerprint density at radius 1 is 1.28 bits per heavy atom. The van der Waals surface area contributed by atoms with Gasteiger partial charge in [0, 0.05) is 44.1 Å². The SMILES string of the molecule is Cc1cc(N2CCC(NC(=O)c3ccnn3C)CC2)n2ncnc2n1. The van der Waals surface area contributed by atoms with Gasteiger partial charge in [0.05, 0.1) is 0 Å². The van der Waals surface area contributed by atoms with Crippen molar-refractivity contribution in [2.45, 2.75) is 25.8 Å². The monoisotopic (exact) mass is 340 g/mol. The molecule has 0 saturated carbocycles. The Morgan fingerprint density at radius 3 is 2.80 bits per heavy atom. The van der Waals surface area contributed by atoms with E-state index in [4.69, 9.17) is 0 Å². The zero-order chi connectivity index (χ0) is 17.4. The third-order valence-corrected chi connectivity index (χ3v) is 4.57. The van der Waals surface area contributed by atoms with Crippen LogP contribution in [0.4, 0.5) is 5.82 Å². The standard InChI is InChI=1S/C16H20N8O/c1-11-9-14(24-16(20-11)17-10-19-24)23-7-4-12(5-8-23)21-15(25)13-3-6-18-22(13)2/h3,6,9-10,12H,4-5,7-8H2,1-2H3,(H,21,25). The average Bonchev–Trinajstić information content (AvgIpc) is 3.23. The summed E-state index contributed by atoms with van der Waals surface area (Å²) in [6.45, 7) is 3.64. The molecule has 0 unspecified atom stereocenters. The number of hydrogen-bond acceptors (Lipinski definition) is 6. The summed E-state index contributed by atoms with van der Waals surface area (Å²) in [5, 5.41) is 11.4. The predicted octanol–water partition coefficient (Wildman–Crippen LogP) is 0.565. The summed E-state index contributed by atoms with van der Waals surface area (Å²) in [6, 6.07) is 3.91. The molecule has 1 aliphatic rings. The Morgan fingerprint density at radius 2 is 2.08 bits per heavy atom. The second-order valence-corrected chi connectivity index (χ2v) is 6.30. The highest BCUT2D eigenvalue weighted by Gasteiger charge is 2.24. The van der Waals surface area contributed by atoms with E-state index in [-0.39, 0.29) is 11.9 Å². The molecule has 130 valence electrons. The highest BCUT2D eigenvalue weighted by atomic mass is 16.2. The van der Waals surface area contributed by atoms with Gasteiger partial charge >= 0.3 is 0 Å². The summed E-state index contributed by atoms with van der Waals surface area (Å²) in [5.41, 5.74) is 1.50. The van der Waals surface area contributed by atoms with Crippen LogP contribution in [0.2, 0.25) is 0 Å². The lowest BCUT2D eigenvalue weighted by Gasteiger charge is -2.33. The molecule has 1 saturated heterocycles. The average molecular weight is 340 g/mol. The van der Waals surface area contributed by atoms with Crippen LogP contribution in [0.5, 0.6) is 0 Å². The van der Waals surface area contributed by atoms with E-state index in [1.807, 2.05) is 13.0 Å². The summed E-state index contributed by atoms with van der Waals surface area (Å²) < 4.78 is 3.35. The fourth-order valence-corrected chi connectivity index (χ4v) is 3.25. The molecular formula is C16H20N8O. The van der Waals surface area contributed by atoms with E-state index in [1.165, 1.54) is 6.33 Å². The zero-order valence-corrected chi connectivity index (χ0v) is 14.3. The molecule has 4 heterocycles. The maximum atomic E-state index is 12.3. The minimum absolute atomic E-state index is 0.0723. The van der Waals surface area contributed by atoms with Gasteiger partial charge in [-0.3, -0.25) is 9.48 Å². The van der Waals surface area contributed by atoms with Crippen LogP contribution in [0.3, 0.4) is 0 Å². The quantitative estimate of drug-likeness (QED) is 0.749. The fraction of sp³-hybridized carbons (Fsp3) is 0.438. The molecule has 1 amide bonds. The molecule has 3 aromatic rings. The molecule has 4 rings (SSSR count). The first-order valence-electron chi connectivity index (χ1n) is 8.33. The summed E-state index contributed by atoms with van der Waals surface area (Å²) in [6.07, 6.45) is 4.90. The van der Waals surface area contributed by atoms with Gasteiger partial charge in [-0.1, -0.05) is 0 Å². The molecule has 0 atom stereocenters. The molecule has 1 N–H and O–H groups in total. The van der Waals surface area contributed by atoms with Crippen molar-refractivity contribution in [2.24, 2.45) is 7.05 Å². The molecule has 0 aromatic carbocycles. The summed E-state index contributed by atoms with van der Waals surface area (Å²) >= 11 is 0. The van der Waals surface area contributed by atoms with Crippen molar-refractivity contribution in [1.29, 1.82) is 0 Å². The van der Waals surface area contributed by atoms with Crippen molar-refractivity contribution in [1.82, 2.24) is 34.7 Å². The van der Waals surface area contributed by atoms with Crippen LogP contribution < -0.4 is 10.2 Å². The molecule has 0 aliphatic carbocycles. The van der Waals surface area contributed by atoms with Crippen LogP contribution in [-0.4, -0.2) is 54.4 Å². The van der Waals surface area contributed by atoms with Crippen molar-refractivity contribution >= 4 is 17.5 Å². The van der Waals surface area contributed by atoms with Crippen LogP contribution in [0.25, 0.3) is 5.78 Å². The maximum Gasteiger partial charge on any atom is 0.269 e. The number of carbonyl (C=O) groups is 1. The molecule has 0 bridgehead atoms. The van der Waals surface area contributed by atoms with Gasteiger partial charge in [-0.25, -0.2) is 4.98 Å². The van der Waals surface area contributed by atoms with E-state index in [0.29, 0.717) is 11.5 Å². The van der Waals surface area contributed by atoms with Crippen molar-refractivity contribution < 1.29 is 4.79 Å². The van der Waals surface area contributed by atoms with Gasteiger partial charge in [-0.15, -0.1) is 0 Å². The van der Waals surface area contributed by atoms with Crippen LogP contribution in [0.1, 0.15) is 29.0 Å². The van der Waals surface area contributed by atoms with Crippen LogP contribution >= 0.6 is 0 Å². The summed E-state index contributed by atoms with van der Waals surface area (Å²) in [5.74, 6) is 1.54. The van der Waals surface area contributed by atoms with E-state index in [0.717, 1.165) is 37.4 Å². The molecule has 0 spiro atoms. The number of hydrogen-bond donors (Lipinski definition) is 1. The normalized spacial score (nSPS) is 15.7. The van der Waals surface area contributed by atoms with Gasteiger partial charge in [0.2, 0.25) is 0 Å². The Kier molecular flexibility index (Phi) is 3.83. The highest BCUT2D eigenvalue weighted by molar-refractivity contribution is 5.92. The minimum Gasteiger partial charge on any atom is -0.356 e. The number of fused-ring (bicyclic) bond motifs is 1. The smallest absolute Gasteiger partial charge is 0.269 e. The van der Waals surface area contributed by atoms with Crippen molar-refractivity contribution in [2.75, 3.05) is 18.0 Å². The maximum absolute atomic E-state index is 12.3. The highest BCUT2D eigenvalue weighted by Crippen LogP contribution is 2.21. The number of nitrogens with one attached hydrogen (secondary N) is 1. The van der Waals surface area contributed by atoms with E-state index in [2.05, 4.69) is 30.4 Å². The molecule has 3 aromatic heterocycles. The van der Waals surface area contributed by atoms with Crippen LogP contribution in [-0.2, 0) is 7.05 Å². The first-order chi connectivity index (χ1) is 12.1. The van der Waals surface area contributed by atoms with Gasteiger partial charge < -0.3 is 10.2 Å². The number of aromatic nitrogens is 6. The van der Waals surface area contributed by atoms with E-state index in [9.17, 15) is 4.79 Å². The molecule has 1 aliphatic heterocycles. The second kappa shape index (κ2) is 6.15. The topological polar surface area (TPSA) is 93.2 Å². The Labute approximate surface area is 144 Å². The third-order valence-electron chi connectivity index (χ3n) is 4.57. The lowest BCUT2D eigenvalue weighted by molar-refractivity contribution is 0.0921. The van der Waals surface area contributed by atoms with Crippen LogP contribution in [0, 0.1) is 6.92 Å².